The van der Waals surface area contributed by atoms with Crippen LogP contribution >= 0.6 is 0 Å². The fourth-order valence-electron chi connectivity index (χ4n) is 6.53. The summed E-state index contributed by atoms with van der Waals surface area (Å²) in [4.78, 5) is 37.0. The van der Waals surface area contributed by atoms with Gasteiger partial charge in [0.2, 0.25) is 0 Å². The molecule has 0 amide bonds. The van der Waals surface area contributed by atoms with Crippen molar-refractivity contribution in [3.05, 3.63) is 122 Å². The summed E-state index contributed by atoms with van der Waals surface area (Å²) in [5.74, 6) is -1.85. The molecule has 65 heavy (non-hydrogen) atoms. The number of esters is 2. The van der Waals surface area contributed by atoms with Crippen LogP contribution < -0.4 is 5.11 Å². The maximum absolute atomic E-state index is 12.8. The Labute approximate surface area is 397 Å². The molecule has 0 aromatic heterocycles. The monoisotopic (exact) mass is 902 g/mol. The molecule has 0 saturated carbocycles. The van der Waals surface area contributed by atoms with E-state index < -0.39 is 18.1 Å². The number of ether oxygens (including phenoxy) is 3. The Bertz CT molecular complexity index is 1470. The Kier molecular flexibility index (Phi) is 43.2. The number of nitrogens with zero attached hydrogens (tertiary/aromatic N) is 1. The Morgan fingerprint density at radius 1 is 0.492 bits per heavy atom. The third-order valence-electron chi connectivity index (χ3n) is 10.4. The van der Waals surface area contributed by atoms with Crippen LogP contribution in [-0.4, -0.2) is 75.5 Å². The molecule has 0 aliphatic rings. The molecule has 0 aromatic carbocycles. The zero-order chi connectivity index (χ0) is 47.7. The fraction of sp³-hybridized carbons (Fsp3) is 0.596. The van der Waals surface area contributed by atoms with E-state index >= 15 is 0 Å². The number of carboxylic acid groups (broad SMARTS) is 1. The first-order valence-electron chi connectivity index (χ1n) is 25.1. The molecular weight excluding hydrogens is 811 g/mol. The van der Waals surface area contributed by atoms with E-state index in [1.54, 1.807) is 21.1 Å². The van der Waals surface area contributed by atoms with Gasteiger partial charge < -0.3 is 28.6 Å². The van der Waals surface area contributed by atoms with Crippen LogP contribution in [0.25, 0.3) is 0 Å². The number of rotatable bonds is 43. The van der Waals surface area contributed by atoms with Crippen LogP contribution in [0.4, 0.5) is 0 Å². The molecule has 0 N–H and O–H groups in total. The van der Waals surface area contributed by atoms with E-state index in [2.05, 4.69) is 135 Å². The minimum Gasteiger partial charge on any atom is -0.544 e. The summed E-state index contributed by atoms with van der Waals surface area (Å²) in [5, 5.41) is 11.7. The molecule has 0 aromatic rings. The summed E-state index contributed by atoms with van der Waals surface area (Å²) in [6.07, 6.45) is 65.2. The van der Waals surface area contributed by atoms with E-state index in [0.717, 1.165) is 96.3 Å². The molecule has 0 rings (SSSR count). The van der Waals surface area contributed by atoms with Crippen LogP contribution in [0.3, 0.4) is 0 Å². The zero-order valence-electron chi connectivity index (χ0n) is 41.6. The standard InChI is InChI=1S/C57H91NO7/c1-6-8-10-12-14-16-18-20-22-24-26-27-28-29-30-32-33-35-37-39-41-43-45-47-55(59)64-52-53(51-63-50-49-54(57(61)62)58(3,4)5)65-56(60)48-46-44-42-40-38-36-34-31-25-23-21-19-17-15-13-11-9-7-2/h8,10,14,16,19-23,25-27,29-31,33-35,39,41,53-54H,6-7,9,11-13,15,17-18,24,28,32,36-38,40,42-52H2,1-5H3/b10-8+,16-14+,21-19+,22-20+,25-23+,27-26+,30-29+,34-31+,35-33+,41-39+. The highest BCUT2D eigenvalue weighted by molar-refractivity contribution is 5.70. The van der Waals surface area contributed by atoms with Gasteiger partial charge >= 0.3 is 11.9 Å². The molecule has 366 valence electrons. The zero-order valence-corrected chi connectivity index (χ0v) is 41.6. The molecule has 2 atom stereocenters. The lowest BCUT2D eigenvalue weighted by atomic mass is 10.1. The van der Waals surface area contributed by atoms with Crippen molar-refractivity contribution < 1.29 is 38.2 Å². The van der Waals surface area contributed by atoms with Gasteiger partial charge in [-0.05, 0) is 89.9 Å². The highest BCUT2D eigenvalue weighted by Gasteiger charge is 2.25. The molecule has 0 saturated heterocycles. The molecule has 0 spiro atoms. The summed E-state index contributed by atoms with van der Waals surface area (Å²) in [6.45, 7) is 4.43. The van der Waals surface area contributed by atoms with Gasteiger partial charge in [-0.25, -0.2) is 0 Å². The number of carboxylic acids is 1. The van der Waals surface area contributed by atoms with Crippen LogP contribution in [0, 0.1) is 0 Å². The van der Waals surface area contributed by atoms with Gasteiger partial charge in [0, 0.05) is 19.3 Å². The average Bonchev–Trinajstić information content (AvgIpc) is 3.27. The third-order valence-corrected chi connectivity index (χ3v) is 10.4. The van der Waals surface area contributed by atoms with E-state index in [1.165, 1.54) is 32.1 Å². The van der Waals surface area contributed by atoms with Crippen molar-refractivity contribution in [2.75, 3.05) is 41.0 Å². The van der Waals surface area contributed by atoms with E-state index in [0.29, 0.717) is 6.42 Å². The van der Waals surface area contributed by atoms with Crippen molar-refractivity contribution in [3.8, 4) is 0 Å². The van der Waals surface area contributed by atoms with Crippen LogP contribution in [0.5, 0.6) is 0 Å². The van der Waals surface area contributed by atoms with E-state index in [-0.39, 0.29) is 55.5 Å². The van der Waals surface area contributed by atoms with Crippen molar-refractivity contribution in [1.29, 1.82) is 0 Å². The lowest BCUT2D eigenvalue weighted by Crippen LogP contribution is -2.55. The molecular formula is C57H91NO7. The van der Waals surface area contributed by atoms with Crippen LogP contribution in [-0.2, 0) is 28.6 Å². The normalized spacial score (nSPS) is 13.9. The summed E-state index contributed by atoms with van der Waals surface area (Å²) in [5.41, 5.74) is 0. The molecule has 2 unspecified atom stereocenters. The fourth-order valence-corrected chi connectivity index (χ4v) is 6.53. The van der Waals surface area contributed by atoms with Crippen molar-refractivity contribution in [2.24, 2.45) is 0 Å². The molecule has 0 aliphatic heterocycles. The maximum atomic E-state index is 12.8. The van der Waals surface area contributed by atoms with Crippen LogP contribution in [0.15, 0.2) is 122 Å². The first kappa shape index (κ1) is 60.7. The topological polar surface area (TPSA) is 102 Å². The van der Waals surface area contributed by atoms with Gasteiger partial charge in [0.25, 0.3) is 0 Å². The molecule has 8 heteroatoms. The highest BCUT2D eigenvalue weighted by atomic mass is 16.6. The first-order valence-corrected chi connectivity index (χ1v) is 25.1. The number of aliphatic carboxylic acids is 1. The SMILES string of the molecule is CC/C=C/C/C=C/C/C=C/C/C=C/C/C=C/C/C=C/C/C=C/CCCC(=O)OCC(COCCC(C(=O)[O-])[N+](C)(C)C)OC(=O)CCCCCCC/C=C/C=C/C=C/CCCCCCC. The Hall–Kier alpha value is -4.27. The number of hydrogen-bond acceptors (Lipinski definition) is 7. The van der Waals surface area contributed by atoms with Gasteiger partial charge in [-0.3, -0.25) is 9.59 Å². The summed E-state index contributed by atoms with van der Waals surface area (Å²) < 4.78 is 17.1. The van der Waals surface area contributed by atoms with Gasteiger partial charge in [0.05, 0.1) is 40.3 Å². The number of quaternary nitrogens is 1. The number of carbonyl (C=O) groups is 3. The predicted molar refractivity (Wildman–Crippen MR) is 272 cm³/mol. The number of allylic oxidation sites excluding steroid dienone is 20. The molecule has 8 nitrogen and oxygen atoms in total. The molecule has 0 radical (unpaired) electrons. The van der Waals surface area contributed by atoms with Crippen LogP contribution in [0.1, 0.15) is 168 Å². The lowest BCUT2D eigenvalue weighted by Gasteiger charge is -2.34. The number of hydrogen-bond donors (Lipinski definition) is 0. The Morgan fingerprint density at radius 2 is 0.938 bits per heavy atom. The highest BCUT2D eigenvalue weighted by Crippen LogP contribution is 2.12. The summed E-state index contributed by atoms with van der Waals surface area (Å²) >= 11 is 0. The minimum absolute atomic E-state index is 0.00534. The molecule has 0 bridgehead atoms. The second-order valence-corrected chi connectivity index (χ2v) is 17.4. The maximum Gasteiger partial charge on any atom is 0.306 e. The number of likely N-dealkylation sites (N-methyl/N-ethyl adjacent to an activating group) is 1. The largest absolute Gasteiger partial charge is 0.544 e. The van der Waals surface area contributed by atoms with Gasteiger partial charge in [0.1, 0.15) is 12.6 Å². The van der Waals surface area contributed by atoms with E-state index in [4.69, 9.17) is 14.2 Å². The van der Waals surface area contributed by atoms with Crippen molar-refractivity contribution >= 4 is 17.9 Å². The van der Waals surface area contributed by atoms with Crippen LogP contribution in [0.2, 0.25) is 0 Å². The van der Waals surface area contributed by atoms with Crippen molar-refractivity contribution in [1.82, 2.24) is 0 Å². The predicted octanol–water partition coefficient (Wildman–Crippen LogP) is 13.2. The number of unbranched alkanes of at least 4 members (excludes halogenated alkanes) is 11. The third kappa shape index (κ3) is 44.7. The Balaban J connectivity index is 4.45. The smallest absolute Gasteiger partial charge is 0.306 e. The quantitative estimate of drug-likeness (QED) is 0.0197. The van der Waals surface area contributed by atoms with Crippen molar-refractivity contribution in [3.63, 3.8) is 0 Å². The molecule has 0 heterocycles. The van der Waals surface area contributed by atoms with Gasteiger partial charge in [-0.15, -0.1) is 0 Å². The van der Waals surface area contributed by atoms with Gasteiger partial charge in [0.15, 0.2) is 6.10 Å². The average molecular weight is 902 g/mol. The number of carbonyl (C=O) groups excluding carboxylic acids is 3. The summed E-state index contributed by atoms with van der Waals surface area (Å²) in [6, 6.07) is -0.747. The second kappa shape index (κ2) is 46.3. The van der Waals surface area contributed by atoms with E-state index in [1.807, 2.05) is 0 Å². The summed E-state index contributed by atoms with van der Waals surface area (Å²) in [7, 11) is 5.37. The molecule has 0 aliphatic carbocycles. The van der Waals surface area contributed by atoms with E-state index in [9.17, 15) is 19.5 Å². The lowest BCUT2D eigenvalue weighted by molar-refractivity contribution is -0.889. The van der Waals surface area contributed by atoms with Crippen molar-refractivity contribution in [2.45, 2.75) is 180 Å². The molecule has 0 fully saturated rings. The minimum atomic E-state index is -1.14. The Morgan fingerprint density at radius 3 is 1.43 bits per heavy atom. The van der Waals surface area contributed by atoms with Gasteiger partial charge in [-0.1, -0.05) is 180 Å². The first-order chi connectivity index (χ1) is 31.6. The van der Waals surface area contributed by atoms with Gasteiger partial charge in [-0.2, -0.15) is 0 Å². The second-order valence-electron chi connectivity index (χ2n) is 17.4.